The Kier molecular flexibility index (Phi) is 4.55. The van der Waals surface area contributed by atoms with Crippen LogP contribution in [0.4, 0.5) is 0 Å². The topological polar surface area (TPSA) is 71.4 Å². The molecule has 0 bridgehead atoms. The van der Waals surface area contributed by atoms with Gasteiger partial charge < -0.3 is 5.11 Å². The van der Waals surface area contributed by atoms with E-state index >= 15 is 0 Å². The van der Waals surface area contributed by atoms with Crippen LogP contribution in [-0.2, 0) is 15.6 Å². The van der Waals surface area contributed by atoms with Crippen molar-refractivity contribution in [2.45, 2.75) is 24.5 Å². The van der Waals surface area contributed by atoms with Crippen molar-refractivity contribution in [2.75, 3.05) is 0 Å². The molecule has 0 spiro atoms. The molecule has 0 aliphatic rings. The van der Waals surface area contributed by atoms with E-state index in [-0.39, 0.29) is 16.2 Å². The molecule has 2 rings (SSSR count). The molecule has 112 valence electrons. The van der Waals surface area contributed by atoms with Crippen LogP contribution in [0.25, 0.3) is 0 Å². The van der Waals surface area contributed by atoms with Gasteiger partial charge in [0.15, 0.2) is 9.84 Å². The lowest BCUT2D eigenvalue weighted by Crippen LogP contribution is -2.09. The number of sulfone groups is 1. The molecular formula is C14H13BrO4S2. The highest BCUT2D eigenvalue weighted by Crippen LogP contribution is 2.28. The first kappa shape index (κ1) is 16.2. The summed E-state index contributed by atoms with van der Waals surface area (Å²) in [5.41, 5.74) is 1.14. The van der Waals surface area contributed by atoms with Crippen LogP contribution in [0.5, 0.6) is 0 Å². The molecule has 0 saturated heterocycles. The molecule has 0 aliphatic heterocycles. The second-order valence-corrected chi connectivity index (χ2v) is 9.21. The third-order valence-electron chi connectivity index (χ3n) is 3.05. The van der Waals surface area contributed by atoms with Crippen LogP contribution in [0, 0.1) is 13.8 Å². The van der Waals surface area contributed by atoms with Crippen molar-refractivity contribution >= 4 is 43.1 Å². The summed E-state index contributed by atoms with van der Waals surface area (Å²) < 4.78 is 25.9. The lowest BCUT2D eigenvalue weighted by molar-refractivity contribution is 0.0696. The Morgan fingerprint density at radius 3 is 2.43 bits per heavy atom. The fourth-order valence-electron chi connectivity index (χ4n) is 2.09. The predicted molar refractivity (Wildman–Crippen MR) is 85.8 cm³/mol. The van der Waals surface area contributed by atoms with Gasteiger partial charge in [0.25, 0.3) is 0 Å². The number of benzene rings is 1. The molecule has 0 atom stereocenters. The second-order valence-electron chi connectivity index (χ2n) is 4.70. The van der Waals surface area contributed by atoms with E-state index in [1.807, 2.05) is 0 Å². The highest BCUT2D eigenvalue weighted by molar-refractivity contribution is 9.11. The summed E-state index contributed by atoms with van der Waals surface area (Å²) in [5, 5.41) is 9.14. The summed E-state index contributed by atoms with van der Waals surface area (Å²) in [7, 11) is -3.58. The van der Waals surface area contributed by atoms with E-state index in [1.54, 1.807) is 32.0 Å². The molecule has 0 saturated carbocycles. The van der Waals surface area contributed by atoms with Crippen molar-refractivity contribution in [3.8, 4) is 0 Å². The van der Waals surface area contributed by atoms with E-state index in [2.05, 4.69) is 15.9 Å². The summed E-state index contributed by atoms with van der Waals surface area (Å²) in [6.07, 6.45) is 0. The molecule has 1 heterocycles. The maximum Gasteiger partial charge on any atom is 0.335 e. The van der Waals surface area contributed by atoms with Gasteiger partial charge in [0.05, 0.1) is 20.0 Å². The third-order valence-corrected chi connectivity index (χ3v) is 6.66. The Morgan fingerprint density at radius 1 is 1.24 bits per heavy atom. The molecular weight excluding hydrogens is 376 g/mol. The van der Waals surface area contributed by atoms with E-state index in [1.165, 1.54) is 17.4 Å². The molecule has 21 heavy (non-hydrogen) atoms. The highest BCUT2D eigenvalue weighted by Gasteiger charge is 2.22. The Balaban J connectivity index is 2.49. The van der Waals surface area contributed by atoms with E-state index < -0.39 is 15.8 Å². The average Bonchev–Trinajstić information content (AvgIpc) is 2.72. The van der Waals surface area contributed by atoms with Crippen LogP contribution >= 0.6 is 27.3 Å². The lowest BCUT2D eigenvalue weighted by Gasteiger charge is -2.10. The van der Waals surface area contributed by atoms with Crippen LogP contribution in [0.1, 0.15) is 26.4 Å². The number of carboxylic acid groups (broad SMARTS) is 1. The van der Waals surface area contributed by atoms with Gasteiger partial charge in [-0.15, -0.1) is 11.3 Å². The predicted octanol–water partition coefficient (Wildman–Crippen LogP) is 3.80. The van der Waals surface area contributed by atoms with E-state index in [9.17, 15) is 13.2 Å². The van der Waals surface area contributed by atoms with Gasteiger partial charge in [-0.2, -0.15) is 0 Å². The van der Waals surface area contributed by atoms with Crippen molar-refractivity contribution in [3.05, 3.63) is 49.6 Å². The molecule has 0 radical (unpaired) electrons. The van der Waals surface area contributed by atoms with Crippen molar-refractivity contribution < 1.29 is 18.3 Å². The quantitative estimate of drug-likeness (QED) is 0.864. The molecule has 0 unspecified atom stereocenters. The van der Waals surface area contributed by atoms with Crippen molar-refractivity contribution in [2.24, 2.45) is 0 Å². The van der Waals surface area contributed by atoms with Crippen LogP contribution in [0.15, 0.2) is 32.9 Å². The average molecular weight is 389 g/mol. The maximum atomic E-state index is 12.5. The van der Waals surface area contributed by atoms with Crippen LogP contribution in [-0.4, -0.2) is 19.5 Å². The summed E-state index contributed by atoms with van der Waals surface area (Å²) in [6.45, 7) is 3.33. The van der Waals surface area contributed by atoms with Gasteiger partial charge in [-0.3, -0.25) is 0 Å². The first-order valence-electron chi connectivity index (χ1n) is 6.02. The monoisotopic (exact) mass is 388 g/mol. The fraction of sp³-hybridized carbons (Fsp3) is 0.214. The van der Waals surface area contributed by atoms with Gasteiger partial charge in [-0.05, 0) is 59.1 Å². The standard InChI is InChI=1S/C14H13BrO4S2/c1-8-5-9(2)12(6-11(8)14(16)17)21(18,19)7-10-3-4-13(15)20-10/h3-6H,7H2,1-2H3,(H,16,17). The number of halogens is 1. The minimum absolute atomic E-state index is 0.0199. The zero-order valence-corrected chi connectivity index (χ0v) is 14.6. The van der Waals surface area contributed by atoms with E-state index in [0.29, 0.717) is 16.0 Å². The minimum atomic E-state index is -3.58. The maximum absolute atomic E-state index is 12.5. The lowest BCUT2D eigenvalue weighted by atomic mass is 10.1. The van der Waals surface area contributed by atoms with E-state index in [0.717, 1.165) is 3.79 Å². The second kappa shape index (κ2) is 5.90. The molecule has 0 fully saturated rings. The Hall–Kier alpha value is -1.18. The van der Waals surface area contributed by atoms with Crippen LogP contribution < -0.4 is 0 Å². The van der Waals surface area contributed by atoms with Gasteiger partial charge in [0.1, 0.15) is 0 Å². The van der Waals surface area contributed by atoms with Crippen LogP contribution in [0.2, 0.25) is 0 Å². The molecule has 0 aliphatic carbocycles. The third kappa shape index (κ3) is 3.53. The zero-order valence-electron chi connectivity index (χ0n) is 11.4. The van der Waals surface area contributed by atoms with Crippen molar-refractivity contribution in [1.29, 1.82) is 0 Å². The van der Waals surface area contributed by atoms with Gasteiger partial charge in [-0.25, -0.2) is 13.2 Å². The van der Waals surface area contributed by atoms with Crippen molar-refractivity contribution in [1.82, 2.24) is 0 Å². The smallest absolute Gasteiger partial charge is 0.335 e. The van der Waals surface area contributed by atoms with Gasteiger partial charge in [0.2, 0.25) is 0 Å². The highest BCUT2D eigenvalue weighted by atomic mass is 79.9. The summed E-state index contributed by atoms with van der Waals surface area (Å²) in [6, 6.07) is 6.39. The van der Waals surface area contributed by atoms with E-state index in [4.69, 9.17) is 5.11 Å². The Labute approximate surface area is 135 Å². The molecule has 0 amide bonds. The number of hydrogen-bond donors (Lipinski definition) is 1. The number of hydrogen-bond acceptors (Lipinski definition) is 4. The number of rotatable bonds is 4. The number of carbonyl (C=O) groups is 1. The molecule has 1 aromatic heterocycles. The van der Waals surface area contributed by atoms with Gasteiger partial charge in [-0.1, -0.05) is 6.07 Å². The SMILES string of the molecule is Cc1cc(C)c(S(=O)(=O)Cc2ccc(Br)s2)cc1C(=O)O. The summed E-state index contributed by atoms with van der Waals surface area (Å²) in [4.78, 5) is 12.0. The number of aryl methyl sites for hydroxylation is 2. The summed E-state index contributed by atoms with van der Waals surface area (Å²) >= 11 is 4.65. The molecule has 1 N–H and O–H groups in total. The minimum Gasteiger partial charge on any atom is -0.478 e. The molecule has 4 nitrogen and oxygen atoms in total. The summed E-state index contributed by atoms with van der Waals surface area (Å²) in [5.74, 6) is -1.26. The van der Waals surface area contributed by atoms with Crippen LogP contribution in [0.3, 0.4) is 0 Å². The Morgan fingerprint density at radius 2 is 1.90 bits per heavy atom. The molecule has 1 aromatic carbocycles. The number of aromatic carboxylic acids is 1. The first-order chi connectivity index (χ1) is 9.70. The fourth-order valence-corrected chi connectivity index (χ4v) is 5.55. The number of carboxylic acids is 1. The molecule has 7 heteroatoms. The molecule has 2 aromatic rings. The Bertz CT molecular complexity index is 806. The van der Waals surface area contributed by atoms with Gasteiger partial charge >= 0.3 is 5.97 Å². The largest absolute Gasteiger partial charge is 0.478 e. The zero-order chi connectivity index (χ0) is 15.8. The number of thiophene rings is 1. The normalized spacial score (nSPS) is 11.6. The first-order valence-corrected chi connectivity index (χ1v) is 9.28. The van der Waals surface area contributed by atoms with Gasteiger partial charge in [0, 0.05) is 4.88 Å². The van der Waals surface area contributed by atoms with Crippen molar-refractivity contribution in [3.63, 3.8) is 0 Å².